The molecule has 4 nitrogen and oxygen atoms in total. The van der Waals surface area contributed by atoms with Crippen LogP contribution in [0.25, 0.3) is 0 Å². The van der Waals surface area contributed by atoms with Crippen molar-refractivity contribution >= 4 is 0 Å². The number of halogens is 3. The molecule has 0 saturated carbocycles. The molecule has 1 aromatic rings. The van der Waals surface area contributed by atoms with Crippen molar-refractivity contribution < 1.29 is 17.9 Å². The number of rotatable bonds is 8. The Morgan fingerprint density at radius 2 is 2.21 bits per heavy atom. The second-order valence-electron chi connectivity index (χ2n) is 4.34. The summed E-state index contributed by atoms with van der Waals surface area (Å²) in [6, 6.07) is 0.222. The van der Waals surface area contributed by atoms with E-state index in [4.69, 9.17) is 0 Å². The van der Waals surface area contributed by atoms with E-state index in [2.05, 4.69) is 15.2 Å². The summed E-state index contributed by atoms with van der Waals surface area (Å²) in [5.41, 5.74) is 1.07. The number of nitrogens with one attached hydrogen (secondary N) is 1. The first-order chi connectivity index (χ1) is 8.92. The van der Waals surface area contributed by atoms with Crippen LogP contribution in [0, 0.1) is 0 Å². The minimum atomic E-state index is -4.25. The lowest BCUT2D eigenvalue weighted by Crippen LogP contribution is -2.18. The third-order valence-corrected chi connectivity index (χ3v) is 2.61. The van der Waals surface area contributed by atoms with Gasteiger partial charge in [0.2, 0.25) is 0 Å². The maximum Gasteiger partial charge on any atom is 0.411 e. The first-order valence-electron chi connectivity index (χ1n) is 6.32. The van der Waals surface area contributed by atoms with Crippen molar-refractivity contribution in [2.75, 3.05) is 19.8 Å². The second-order valence-corrected chi connectivity index (χ2v) is 4.34. The van der Waals surface area contributed by atoms with Gasteiger partial charge >= 0.3 is 6.18 Å². The van der Waals surface area contributed by atoms with Gasteiger partial charge in [0.15, 0.2) is 0 Å². The van der Waals surface area contributed by atoms with Gasteiger partial charge in [0.05, 0.1) is 6.20 Å². The molecule has 1 N–H and O–H groups in total. The first kappa shape index (κ1) is 16.0. The molecule has 1 heterocycles. The lowest BCUT2D eigenvalue weighted by molar-refractivity contribution is -0.174. The van der Waals surface area contributed by atoms with Gasteiger partial charge in [-0.2, -0.15) is 18.3 Å². The van der Waals surface area contributed by atoms with E-state index in [0.29, 0.717) is 13.0 Å². The maximum absolute atomic E-state index is 11.8. The van der Waals surface area contributed by atoms with Crippen LogP contribution in [0.15, 0.2) is 12.4 Å². The topological polar surface area (TPSA) is 39.1 Å². The van der Waals surface area contributed by atoms with Crippen molar-refractivity contribution in [2.45, 2.75) is 39.0 Å². The van der Waals surface area contributed by atoms with Crippen LogP contribution in [-0.4, -0.2) is 35.7 Å². The molecule has 1 rings (SSSR count). The van der Waals surface area contributed by atoms with E-state index < -0.39 is 12.8 Å². The van der Waals surface area contributed by atoms with Crippen molar-refractivity contribution in [3.8, 4) is 0 Å². The quantitative estimate of drug-likeness (QED) is 0.743. The van der Waals surface area contributed by atoms with Gasteiger partial charge in [-0.05, 0) is 19.9 Å². The molecule has 0 aliphatic carbocycles. The summed E-state index contributed by atoms with van der Waals surface area (Å²) in [6.07, 6.45) is -0.0755. The normalized spacial score (nSPS) is 13.7. The highest BCUT2D eigenvalue weighted by molar-refractivity contribution is 5.08. The fourth-order valence-electron chi connectivity index (χ4n) is 1.67. The Kier molecular flexibility index (Phi) is 6.30. The van der Waals surface area contributed by atoms with E-state index in [-0.39, 0.29) is 12.6 Å². The van der Waals surface area contributed by atoms with Gasteiger partial charge in [-0.15, -0.1) is 0 Å². The van der Waals surface area contributed by atoms with Gasteiger partial charge in [-0.25, -0.2) is 0 Å². The number of aryl methyl sites for hydroxylation is 1. The van der Waals surface area contributed by atoms with E-state index in [1.54, 1.807) is 10.9 Å². The third-order valence-electron chi connectivity index (χ3n) is 2.61. The minimum absolute atomic E-state index is 0.0808. The summed E-state index contributed by atoms with van der Waals surface area (Å²) in [7, 11) is 0. The zero-order chi connectivity index (χ0) is 14.3. The molecule has 1 aromatic heterocycles. The van der Waals surface area contributed by atoms with Gasteiger partial charge in [0.25, 0.3) is 0 Å². The molecule has 110 valence electrons. The number of hydrogen-bond donors (Lipinski definition) is 1. The van der Waals surface area contributed by atoms with Crippen LogP contribution in [0.4, 0.5) is 13.2 Å². The molecule has 0 bridgehead atoms. The third kappa shape index (κ3) is 6.58. The highest BCUT2D eigenvalue weighted by atomic mass is 19.4. The molecular weight excluding hydrogens is 259 g/mol. The zero-order valence-electron chi connectivity index (χ0n) is 11.2. The highest BCUT2D eigenvalue weighted by Gasteiger charge is 2.27. The molecule has 1 atom stereocenters. The Morgan fingerprint density at radius 3 is 2.84 bits per heavy atom. The largest absolute Gasteiger partial charge is 0.411 e. The molecule has 0 fully saturated rings. The van der Waals surface area contributed by atoms with Crippen molar-refractivity contribution in [1.82, 2.24) is 15.1 Å². The Bertz CT molecular complexity index is 365. The standard InChI is InChI=1S/C12H20F3N3O/c1-3-16-10(2)11-7-17-18(8-11)5-4-6-19-9-12(13,14)15/h7-8,10,16H,3-6,9H2,1-2H3. The fraction of sp³-hybridized carbons (Fsp3) is 0.750. The van der Waals surface area contributed by atoms with Gasteiger partial charge in [-0.1, -0.05) is 6.92 Å². The van der Waals surface area contributed by atoms with Crippen molar-refractivity contribution in [3.05, 3.63) is 18.0 Å². The van der Waals surface area contributed by atoms with Crippen molar-refractivity contribution in [2.24, 2.45) is 0 Å². The van der Waals surface area contributed by atoms with Crippen LogP contribution in [0.3, 0.4) is 0 Å². The van der Waals surface area contributed by atoms with Crippen LogP contribution in [0.1, 0.15) is 31.9 Å². The fourth-order valence-corrected chi connectivity index (χ4v) is 1.67. The molecular formula is C12H20F3N3O. The van der Waals surface area contributed by atoms with Crippen LogP contribution in [0.2, 0.25) is 0 Å². The van der Waals surface area contributed by atoms with Gasteiger partial charge in [0.1, 0.15) is 6.61 Å². The Hall–Kier alpha value is -1.08. The number of aromatic nitrogens is 2. The Morgan fingerprint density at radius 1 is 1.47 bits per heavy atom. The Labute approximate surface area is 110 Å². The first-order valence-corrected chi connectivity index (χ1v) is 6.32. The maximum atomic E-state index is 11.8. The number of ether oxygens (including phenoxy) is 1. The summed E-state index contributed by atoms with van der Waals surface area (Å²) in [5, 5.41) is 7.43. The molecule has 0 aromatic carbocycles. The predicted molar refractivity (Wildman–Crippen MR) is 65.8 cm³/mol. The summed E-state index contributed by atoms with van der Waals surface area (Å²) in [4.78, 5) is 0. The lowest BCUT2D eigenvalue weighted by Gasteiger charge is -2.09. The van der Waals surface area contributed by atoms with Crippen molar-refractivity contribution in [1.29, 1.82) is 0 Å². The molecule has 0 saturated heterocycles. The van der Waals surface area contributed by atoms with Crippen LogP contribution in [0.5, 0.6) is 0 Å². The predicted octanol–water partition coefficient (Wildman–Crippen LogP) is 2.52. The van der Waals surface area contributed by atoms with Gasteiger partial charge in [0, 0.05) is 31.0 Å². The SMILES string of the molecule is CCNC(C)c1cnn(CCCOCC(F)(F)F)c1. The summed E-state index contributed by atoms with van der Waals surface area (Å²) in [5.74, 6) is 0. The van der Waals surface area contributed by atoms with E-state index in [0.717, 1.165) is 12.1 Å². The Balaban J connectivity index is 2.23. The second kappa shape index (κ2) is 7.49. The van der Waals surface area contributed by atoms with Crippen molar-refractivity contribution in [3.63, 3.8) is 0 Å². The molecule has 0 spiro atoms. The summed E-state index contributed by atoms with van der Waals surface area (Å²) < 4.78 is 41.7. The van der Waals surface area contributed by atoms with E-state index in [1.807, 2.05) is 20.0 Å². The molecule has 19 heavy (non-hydrogen) atoms. The van der Waals surface area contributed by atoms with Crippen LogP contribution in [-0.2, 0) is 11.3 Å². The summed E-state index contributed by atoms with van der Waals surface area (Å²) in [6.45, 7) is 4.39. The summed E-state index contributed by atoms with van der Waals surface area (Å²) >= 11 is 0. The average molecular weight is 279 g/mol. The number of alkyl halides is 3. The van der Waals surface area contributed by atoms with Crippen LogP contribution < -0.4 is 5.32 Å². The molecule has 0 aliphatic rings. The van der Waals surface area contributed by atoms with Gasteiger partial charge in [-0.3, -0.25) is 4.68 Å². The van der Waals surface area contributed by atoms with E-state index in [9.17, 15) is 13.2 Å². The number of hydrogen-bond acceptors (Lipinski definition) is 3. The van der Waals surface area contributed by atoms with E-state index in [1.165, 1.54) is 0 Å². The van der Waals surface area contributed by atoms with E-state index >= 15 is 0 Å². The highest BCUT2D eigenvalue weighted by Crippen LogP contribution is 2.14. The smallest absolute Gasteiger partial charge is 0.372 e. The van der Waals surface area contributed by atoms with Crippen LogP contribution >= 0.6 is 0 Å². The molecule has 7 heteroatoms. The molecule has 0 amide bonds. The average Bonchev–Trinajstić information content (AvgIpc) is 2.76. The number of nitrogens with zero attached hydrogens (tertiary/aromatic N) is 2. The molecule has 1 unspecified atom stereocenters. The van der Waals surface area contributed by atoms with Gasteiger partial charge < -0.3 is 10.1 Å². The minimum Gasteiger partial charge on any atom is -0.372 e. The molecule has 0 aliphatic heterocycles. The lowest BCUT2D eigenvalue weighted by atomic mass is 10.2. The molecule has 0 radical (unpaired) electrons. The zero-order valence-corrected chi connectivity index (χ0v) is 11.2. The monoisotopic (exact) mass is 279 g/mol.